The summed E-state index contributed by atoms with van der Waals surface area (Å²) in [6.07, 6.45) is 6.57. The summed E-state index contributed by atoms with van der Waals surface area (Å²) in [5, 5.41) is 12.8. The number of hydrogen-bond donors (Lipinski definition) is 1. The van der Waals surface area contributed by atoms with Crippen molar-refractivity contribution in [2.45, 2.75) is 66.2 Å². The molecule has 3 aromatic heterocycles. The first-order valence-electron chi connectivity index (χ1n) is 11.8. The van der Waals surface area contributed by atoms with Crippen molar-refractivity contribution in [1.29, 1.82) is 5.26 Å². The van der Waals surface area contributed by atoms with Gasteiger partial charge in [-0.15, -0.1) is 0 Å². The third-order valence-electron chi connectivity index (χ3n) is 6.44. The predicted octanol–water partition coefficient (Wildman–Crippen LogP) is 7.19. The number of rotatable bonds is 8. The van der Waals surface area contributed by atoms with Crippen molar-refractivity contribution in [2.24, 2.45) is 5.92 Å². The fraction of sp³-hybridized carbons (Fsp3) is 0.379. The molecule has 34 heavy (non-hydrogen) atoms. The second-order valence-electron chi connectivity index (χ2n) is 9.81. The van der Waals surface area contributed by atoms with Crippen molar-refractivity contribution in [3.05, 3.63) is 77.6 Å². The number of aromatic nitrogens is 3. The number of nitrogens with one attached hydrogen (secondary N) is 1. The molecule has 1 atom stereocenters. The molecule has 5 nitrogen and oxygen atoms in total. The number of aryl methyl sites for hydroxylation is 2. The molecule has 0 saturated carbocycles. The van der Waals surface area contributed by atoms with E-state index in [1.165, 1.54) is 11.3 Å². The standard InChI is InChI=1S/C29H35N5/c1-9-25(18(2)3)28-19(4)12-23(15-33-28)26-14-24(16-32-21(26)6)34-20(5)22-10-11-31-27(13-22)29(7,8)17-30/h10-16,18,25,34H,5,9H2,1-4,6-8H3. The summed E-state index contributed by atoms with van der Waals surface area (Å²) in [6.45, 7) is 18.8. The third kappa shape index (κ3) is 5.34. The zero-order valence-electron chi connectivity index (χ0n) is 21.4. The molecule has 0 aliphatic carbocycles. The van der Waals surface area contributed by atoms with E-state index in [1.54, 1.807) is 6.20 Å². The second kappa shape index (κ2) is 10.2. The van der Waals surface area contributed by atoms with E-state index in [-0.39, 0.29) is 0 Å². The van der Waals surface area contributed by atoms with Crippen molar-refractivity contribution >= 4 is 11.4 Å². The number of hydrogen-bond acceptors (Lipinski definition) is 5. The van der Waals surface area contributed by atoms with E-state index >= 15 is 0 Å². The molecule has 3 rings (SSSR count). The van der Waals surface area contributed by atoms with E-state index in [0.29, 0.717) is 17.5 Å². The van der Waals surface area contributed by atoms with Crippen LogP contribution in [0.15, 0.2) is 49.4 Å². The minimum atomic E-state index is -0.668. The molecule has 3 aromatic rings. The minimum Gasteiger partial charge on any atom is -0.354 e. The molecule has 0 spiro atoms. The van der Waals surface area contributed by atoms with Gasteiger partial charge in [-0.05, 0) is 69.9 Å². The van der Waals surface area contributed by atoms with Crippen LogP contribution < -0.4 is 5.32 Å². The van der Waals surface area contributed by atoms with Crippen molar-refractivity contribution < 1.29 is 0 Å². The summed E-state index contributed by atoms with van der Waals surface area (Å²) in [6, 6.07) is 10.4. The van der Waals surface area contributed by atoms with Gasteiger partial charge in [-0.2, -0.15) is 5.26 Å². The summed E-state index contributed by atoms with van der Waals surface area (Å²) in [5.74, 6) is 1.01. The Bertz CT molecular complexity index is 1230. The Kier molecular flexibility index (Phi) is 7.51. The Balaban J connectivity index is 1.89. The van der Waals surface area contributed by atoms with Crippen LogP contribution in [0.5, 0.6) is 0 Å². The molecule has 5 heteroatoms. The van der Waals surface area contributed by atoms with Gasteiger partial charge in [0.15, 0.2) is 0 Å². The average Bonchev–Trinajstić information content (AvgIpc) is 2.81. The Morgan fingerprint density at radius 1 is 1.12 bits per heavy atom. The first kappa shape index (κ1) is 25.1. The zero-order chi connectivity index (χ0) is 25.0. The summed E-state index contributed by atoms with van der Waals surface area (Å²) in [5.41, 5.74) is 7.94. The highest BCUT2D eigenvalue weighted by Crippen LogP contribution is 2.32. The zero-order valence-corrected chi connectivity index (χ0v) is 21.4. The largest absolute Gasteiger partial charge is 0.354 e. The summed E-state index contributed by atoms with van der Waals surface area (Å²) >= 11 is 0. The molecule has 0 saturated heterocycles. The first-order valence-corrected chi connectivity index (χ1v) is 11.8. The fourth-order valence-electron chi connectivity index (χ4n) is 4.26. The van der Waals surface area contributed by atoms with Gasteiger partial charge in [0.2, 0.25) is 0 Å². The first-order chi connectivity index (χ1) is 16.1. The maximum atomic E-state index is 9.44. The molecule has 176 valence electrons. The Morgan fingerprint density at radius 2 is 1.85 bits per heavy atom. The average molecular weight is 454 g/mol. The molecular weight excluding hydrogens is 418 g/mol. The molecule has 0 aliphatic rings. The van der Waals surface area contributed by atoms with Crippen LogP contribution in [0.4, 0.5) is 5.69 Å². The van der Waals surface area contributed by atoms with Gasteiger partial charge in [-0.1, -0.05) is 27.4 Å². The Hall–Kier alpha value is -3.52. The van der Waals surface area contributed by atoms with Crippen molar-refractivity contribution in [2.75, 3.05) is 5.32 Å². The van der Waals surface area contributed by atoms with Gasteiger partial charge in [-0.25, -0.2) is 0 Å². The molecule has 0 fully saturated rings. The topological polar surface area (TPSA) is 74.5 Å². The van der Waals surface area contributed by atoms with Gasteiger partial charge in [-0.3, -0.25) is 15.0 Å². The van der Waals surface area contributed by atoms with Gasteiger partial charge in [0.05, 0.1) is 29.1 Å². The van der Waals surface area contributed by atoms with Gasteiger partial charge < -0.3 is 5.32 Å². The molecule has 1 unspecified atom stereocenters. The number of nitrogens with zero attached hydrogens (tertiary/aromatic N) is 4. The van der Waals surface area contributed by atoms with Crippen LogP contribution in [0.25, 0.3) is 16.8 Å². The van der Waals surface area contributed by atoms with E-state index in [9.17, 15) is 5.26 Å². The monoisotopic (exact) mass is 453 g/mol. The molecule has 0 aromatic carbocycles. The van der Waals surface area contributed by atoms with Crippen LogP contribution in [0.3, 0.4) is 0 Å². The van der Waals surface area contributed by atoms with Crippen molar-refractivity contribution in [3.8, 4) is 17.2 Å². The normalized spacial score (nSPS) is 12.3. The molecule has 0 aliphatic heterocycles. The van der Waals surface area contributed by atoms with E-state index in [0.717, 1.165) is 40.2 Å². The highest BCUT2D eigenvalue weighted by atomic mass is 14.9. The highest BCUT2D eigenvalue weighted by Gasteiger charge is 2.22. The van der Waals surface area contributed by atoms with Gasteiger partial charge in [0.1, 0.15) is 0 Å². The molecule has 1 N–H and O–H groups in total. The van der Waals surface area contributed by atoms with Crippen molar-refractivity contribution in [3.63, 3.8) is 0 Å². The van der Waals surface area contributed by atoms with E-state index in [1.807, 2.05) is 45.3 Å². The lowest BCUT2D eigenvalue weighted by Crippen LogP contribution is -2.16. The molecule has 0 amide bonds. The van der Waals surface area contributed by atoms with Gasteiger partial charge in [0.25, 0.3) is 0 Å². The van der Waals surface area contributed by atoms with Crippen LogP contribution in [0.1, 0.15) is 75.2 Å². The van der Waals surface area contributed by atoms with E-state index in [4.69, 9.17) is 4.98 Å². The van der Waals surface area contributed by atoms with Crippen LogP contribution in [-0.2, 0) is 5.41 Å². The van der Waals surface area contributed by atoms with Gasteiger partial charge in [0, 0.05) is 52.1 Å². The summed E-state index contributed by atoms with van der Waals surface area (Å²) < 4.78 is 0. The van der Waals surface area contributed by atoms with Crippen molar-refractivity contribution in [1.82, 2.24) is 15.0 Å². The SMILES string of the molecule is C=C(Nc1cnc(C)c(-c2cnc(C(CC)C(C)C)c(C)c2)c1)c1ccnc(C(C)(C)C#N)c1. The molecular formula is C29H35N5. The van der Waals surface area contributed by atoms with Crippen LogP contribution in [0, 0.1) is 31.1 Å². The predicted molar refractivity (Wildman–Crippen MR) is 140 cm³/mol. The maximum Gasteiger partial charge on any atom is 0.0937 e. The molecule has 3 heterocycles. The van der Waals surface area contributed by atoms with E-state index < -0.39 is 5.41 Å². The number of anilines is 1. The van der Waals surface area contributed by atoms with Crippen LogP contribution in [-0.4, -0.2) is 15.0 Å². The highest BCUT2D eigenvalue weighted by molar-refractivity contribution is 5.78. The van der Waals surface area contributed by atoms with E-state index in [2.05, 4.69) is 67.8 Å². The fourth-order valence-corrected chi connectivity index (χ4v) is 4.26. The smallest absolute Gasteiger partial charge is 0.0937 e. The number of nitriles is 1. The Labute approximate surface area is 204 Å². The lowest BCUT2D eigenvalue weighted by Gasteiger charge is -2.21. The second-order valence-corrected chi connectivity index (χ2v) is 9.81. The summed E-state index contributed by atoms with van der Waals surface area (Å²) in [7, 11) is 0. The molecule has 0 bridgehead atoms. The van der Waals surface area contributed by atoms with Crippen LogP contribution >= 0.6 is 0 Å². The Morgan fingerprint density at radius 3 is 2.47 bits per heavy atom. The molecule has 0 radical (unpaired) electrons. The minimum absolute atomic E-state index is 0.459. The lowest BCUT2D eigenvalue weighted by molar-refractivity contribution is 0.473. The number of pyridine rings is 3. The van der Waals surface area contributed by atoms with Gasteiger partial charge >= 0.3 is 0 Å². The maximum absolute atomic E-state index is 9.44. The lowest BCUT2D eigenvalue weighted by atomic mass is 9.87. The third-order valence-corrected chi connectivity index (χ3v) is 6.44. The summed E-state index contributed by atoms with van der Waals surface area (Å²) in [4.78, 5) is 13.9. The quantitative estimate of drug-likeness (QED) is 0.391. The van der Waals surface area contributed by atoms with Crippen LogP contribution in [0.2, 0.25) is 0 Å².